The van der Waals surface area contributed by atoms with Crippen LogP contribution in [0.3, 0.4) is 0 Å². The standard InChI is InChI=1S/C26H31NO4/c1-30-20-13-10-19(11-14-20)12-15-24(28)27-18-17-26(29)16-6-5-8-22(26)25(27)21-7-3-4-9-23(21)31-2/h3-4,7,9-15,22,25,29H,5-6,8,16-18H2,1-2H3/t22-,25-,26+/m0/s1. The summed E-state index contributed by atoms with van der Waals surface area (Å²) in [5, 5.41) is 11.4. The van der Waals surface area contributed by atoms with Crippen LogP contribution in [-0.4, -0.2) is 42.3 Å². The summed E-state index contributed by atoms with van der Waals surface area (Å²) in [7, 11) is 3.29. The summed E-state index contributed by atoms with van der Waals surface area (Å²) >= 11 is 0. The van der Waals surface area contributed by atoms with Gasteiger partial charge in [-0.15, -0.1) is 0 Å². The van der Waals surface area contributed by atoms with Crippen molar-refractivity contribution >= 4 is 12.0 Å². The Balaban J connectivity index is 1.65. The van der Waals surface area contributed by atoms with Crippen molar-refractivity contribution in [3.63, 3.8) is 0 Å². The summed E-state index contributed by atoms with van der Waals surface area (Å²) in [6, 6.07) is 15.3. The number of fused-ring (bicyclic) bond motifs is 1. The van der Waals surface area contributed by atoms with E-state index in [4.69, 9.17) is 9.47 Å². The minimum Gasteiger partial charge on any atom is -0.497 e. The number of piperidine rings is 1. The summed E-state index contributed by atoms with van der Waals surface area (Å²) in [6.07, 6.45) is 7.91. The number of hydrogen-bond acceptors (Lipinski definition) is 4. The van der Waals surface area contributed by atoms with E-state index in [1.54, 1.807) is 20.3 Å². The lowest BCUT2D eigenvalue weighted by molar-refractivity contribution is -0.151. The molecule has 0 unspecified atom stereocenters. The predicted octanol–water partition coefficient (Wildman–Crippen LogP) is 4.61. The van der Waals surface area contributed by atoms with Crippen LogP contribution in [0.15, 0.2) is 54.6 Å². The van der Waals surface area contributed by atoms with E-state index in [9.17, 15) is 9.90 Å². The fraction of sp³-hybridized carbons (Fsp3) is 0.423. The summed E-state index contributed by atoms with van der Waals surface area (Å²) in [6.45, 7) is 0.529. The molecule has 1 saturated carbocycles. The quantitative estimate of drug-likeness (QED) is 0.716. The van der Waals surface area contributed by atoms with Crippen molar-refractivity contribution in [3.05, 3.63) is 65.7 Å². The first-order chi connectivity index (χ1) is 15.1. The number of para-hydroxylation sites is 1. The second-order valence-electron chi connectivity index (χ2n) is 8.53. The number of nitrogens with zero attached hydrogens (tertiary/aromatic N) is 1. The van der Waals surface area contributed by atoms with Crippen LogP contribution < -0.4 is 9.47 Å². The van der Waals surface area contributed by atoms with Crippen LogP contribution in [0.2, 0.25) is 0 Å². The summed E-state index contributed by atoms with van der Waals surface area (Å²) in [4.78, 5) is 15.3. The number of likely N-dealkylation sites (tertiary alicyclic amines) is 1. The lowest BCUT2D eigenvalue weighted by Crippen LogP contribution is -2.56. The zero-order chi connectivity index (χ0) is 21.8. The SMILES string of the molecule is COc1ccc(C=CC(=O)N2CC[C@]3(O)CCCC[C@H]3[C@@H]2c2ccccc2OC)cc1. The maximum Gasteiger partial charge on any atom is 0.247 e. The molecule has 164 valence electrons. The number of rotatable bonds is 5. The zero-order valence-corrected chi connectivity index (χ0v) is 18.3. The molecule has 2 aromatic rings. The molecule has 1 saturated heterocycles. The second-order valence-corrected chi connectivity index (χ2v) is 8.53. The summed E-state index contributed by atoms with van der Waals surface area (Å²) in [5.74, 6) is 1.51. The molecule has 2 aromatic carbocycles. The normalized spacial score (nSPS) is 25.8. The van der Waals surface area contributed by atoms with Crippen molar-refractivity contribution in [1.29, 1.82) is 0 Å². The predicted molar refractivity (Wildman–Crippen MR) is 121 cm³/mol. The molecule has 5 nitrogen and oxygen atoms in total. The van der Waals surface area contributed by atoms with Crippen LogP contribution in [-0.2, 0) is 4.79 Å². The first kappa shape index (κ1) is 21.4. The average molecular weight is 422 g/mol. The Kier molecular flexibility index (Phi) is 6.33. The Labute approximate surface area is 184 Å². The summed E-state index contributed by atoms with van der Waals surface area (Å²) < 4.78 is 10.8. The van der Waals surface area contributed by atoms with Gasteiger partial charge in [0.2, 0.25) is 5.91 Å². The van der Waals surface area contributed by atoms with Crippen LogP contribution in [0.4, 0.5) is 0 Å². The monoisotopic (exact) mass is 421 g/mol. The third kappa shape index (κ3) is 4.33. The van der Waals surface area contributed by atoms with Crippen LogP contribution in [0.5, 0.6) is 11.5 Å². The zero-order valence-electron chi connectivity index (χ0n) is 18.3. The molecule has 4 rings (SSSR count). The summed E-state index contributed by atoms with van der Waals surface area (Å²) in [5.41, 5.74) is 1.19. The molecule has 0 spiro atoms. The highest BCUT2D eigenvalue weighted by molar-refractivity contribution is 5.92. The Bertz CT molecular complexity index is 939. The van der Waals surface area contributed by atoms with Crippen molar-refractivity contribution in [3.8, 4) is 11.5 Å². The number of aliphatic hydroxyl groups is 1. The molecule has 31 heavy (non-hydrogen) atoms. The number of hydrogen-bond donors (Lipinski definition) is 1. The van der Waals surface area contributed by atoms with Gasteiger partial charge >= 0.3 is 0 Å². The van der Waals surface area contributed by atoms with Crippen LogP contribution in [0.25, 0.3) is 6.08 Å². The van der Waals surface area contributed by atoms with Gasteiger partial charge in [0, 0.05) is 24.1 Å². The number of carbonyl (C=O) groups is 1. The molecular formula is C26H31NO4. The van der Waals surface area contributed by atoms with Crippen LogP contribution in [0, 0.1) is 5.92 Å². The molecule has 1 amide bonds. The van der Waals surface area contributed by atoms with Crippen LogP contribution in [0.1, 0.15) is 49.3 Å². The van der Waals surface area contributed by atoms with E-state index >= 15 is 0 Å². The molecule has 5 heteroatoms. The van der Waals surface area contributed by atoms with Gasteiger partial charge in [0.05, 0.1) is 25.9 Å². The minimum absolute atomic E-state index is 0.00429. The Morgan fingerprint density at radius 2 is 1.84 bits per heavy atom. The maximum atomic E-state index is 13.3. The van der Waals surface area contributed by atoms with Crippen molar-refractivity contribution < 1.29 is 19.4 Å². The number of ether oxygens (including phenoxy) is 2. The fourth-order valence-corrected chi connectivity index (χ4v) is 5.20. The highest BCUT2D eigenvalue weighted by Crippen LogP contribution is 2.50. The van der Waals surface area contributed by atoms with Crippen molar-refractivity contribution in [2.24, 2.45) is 5.92 Å². The smallest absolute Gasteiger partial charge is 0.247 e. The highest BCUT2D eigenvalue weighted by Gasteiger charge is 2.50. The molecule has 1 aliphatic heterocycles. The number of carbonyl (C=O) groups excluding carboxylic acids is 1. The van der Waals surface area contributed by atoms with Gasteiger partial charge in [0.25, 0.3) is 0 Å². The van der Waals surface area contributed by atoms with Crippen molar-refractivity contribution in [2.75, 3.05) is 20.8 Å². The third-order valence-corrected chi connectivity index (χ3v) is 6.84. The fourth-order valence-electron chi connectivity index (χ4n) is 5.20. The van der Waals surface area contributed by atoms with Gasteiger partial charge in [0.1, 0.15) is 11.5 Å². The first-order valence-corrected chi connectivity index (χ1v) is 11.0. The van der Waals surface area contributed by atoms with E-state index in [0.717, 1.165) is 48.3 Å². The molecule has 3 atom stereocenters. The van der Waals surface area contributed by atoms with Crippen molar-refractivity contribution in [2.45, 2.75) is 43.7 Å². The molecule has 1 N–H and O–H groups in total. The van der Waals surface area contributed by atoms with Crippen molar-refractivity contribution in [1.82, 2.24) is 4.90 Å². The van der Waals surface area contributed by atoms with Gasteiger partial charge in [-0.3, -0.25) is 4.79 Å². The van der Waals surface area contributed by atoms with Crippen LogP contribution >= 0.6 is 0 Å². The van der Waals surface area contributed by atoms with Gasteiger partial charge in [-0.1, -0.05) is 43.2 Å². The van der Waals surface area contributed by atoms with E-state index in [0.29, 0.717) is 13.0 Å². The Hall–Kier alpha value is -2.79. The number of methoxy groups -OCH3 is 2. The maximum absolute atomic E-state index is 13.3. The van der Waals surface area contributed by atoms with E-state index < -0.39 is 5.60 Å². The molecule has 0 bridgehead atoms. The number of benzene rings is 2. The molecular weight excluding hydrogens is 390 g/mol. The van der Waals surface area contributed by atoms with Gasteiger partial charge in [0.15, 0.2) is 0 Å². The van der Waals surface area contributed by atoms with E-state index in [1.165, 1.54) is 0 Å². The van der Waals surface area contributed by atoms with Gasteiger partial charge < -0.3 is 19.5 Å². The van der Waals surface area contributed by atoms with E-state index in [-0.39, 0.29) is 17.9 Å². The van der Waals surface area contributed by atoms with Gasteiger partial charge in [-0.2, -0.15) is 0 Å². The number of amides is 1. The van der Waals surface area contributed by atoms with E-state index in [2.05, 4.69) is 0 Å². The Morgan fingerprint density at radius 1 is 1.06 bits per heavy atom. The first-order valence-electron chi connectivity index (χ1n) is 11.0. The topological polar surface area (TPSA) is 59.0 Å². The highest BCUT2D eigenvalue weighted by atomic mass is 16.5. The van der Waals surface area contributed by atoms with E-state index in [1.807, 2.05) is 59.5 Å². The lowest BCUT2D eigenvalue weighted by Gasteiger charge is -2.52. The van der Waals surface area contributed by atoms with Gasteiger partial charge in [-0.25, -0.2) is 0 Å². The minimum atomic E-state index is -0.722. The largest absolute Gasteiger partial charge is 0.497 e. The molecule has 2 fully saturated rings. The third-order valence-electron chi connectivity index (χ3n) is 6.84. The molecule has 2 aliphatic rings. The Morgan fingerprint density at radius 3 is 2.58 bits per heavy atom. The van der Waals surface area contributed by atoms with Gasteiger partial charge in [-0.05, 0) is 49.1 Å². The molecule has 1 aliphatic carbocycles. The second kappa shape index (κ2) is 9.15. The molecule has 1 heterocycles. The molecule has 0 aromatic heterocycles. The average Bonchev–Trinajstić information content (AvgIpc) is 2.81. The molecule has 0 radical (unpaired) electrons. The lowest BCUT2D eigenvalue weighted by atomic mass is 9.66.